The van der Waals surface area contributed by atoms with Gasteiger partial charge in [0.15, 0.2) is 0 Å². The second kappa shape index (κ2) is 3.47. The van der Waals surface area contributed by atoms with Crippen LogP contribution >= 0.6 is 0 Å². The van der Waals surface area contributed by atoms with Crippen LogP contribution in [0.2, 0.25) is 0 Å². The van der Waals surface area contributed by atoms with E-state index >= 15 is 0 Å². The molecule has 4 heteroatoms. The SMILES string of the molecule is O=C(O)NC1(CCC=CO)CC1. The number of nitrogens with one attached hydrogen (secondary N) is 1. The van der Waals surface area contributed by atoms with Crippen LogP contribution in [0.5, 0.6) is 0 Å². The van der Waals surface area contributed by atoms with Gasteiger partial charge in [0.05, 0.1) is 6.26 Å². The molecule has 0 heterocycles. The summed E-state index contributed by atoms with van der Waals surface area (Å²) in [6, 6.07) is 0. The Morgan fingerprint density at radius 1 is 1.58 bits per heavy atom. The van der Waals surface area contributed by atoms with Crippen molar-refractivity contribution >= 4 is 6.09 Å². The van der Waals surface area contributed by atoms with Crippen LogP contribution in [-0.2, 0) is 0 Å². The van der Waals surface area contributed by atoms with Crippen LogP contribution in [0.15, 0.2) is 12.3 Å². The lowest BCUT2D eigenvalue weighted by Crippen LogP contribution is -2.35. The van der Waals surface area contributed by atoms with E-state index in [0.29, 0.717) is 0 Å². The van der Waals surface area contributed by atoms with Crippen LogP contribution < -0.4 is 5.32 Å². The second-order valence-electron chi connectivity index (χ2n) is 3.13. The maximum atomic E-state index is 10.3. The van der Waals surface area contributed by atoms with E-state index in [1.165, 1.54) is 0 Å². The number of allylic oxidation sites excluding steroid dienone is 1. The summed E-state index contributed by atoms with van der Waals surface area (Å²) in [6.45, 7) is 0. The quantitative estimate of drug-likeness (QED) is 0.563. The average molecular weight is 171 g/mol. The van der Waals surface area contributed by atoms with E-state index < -0.39 is 6.09 Å². The molecule has 0 saturated heterocycles. The third-order valence-electron chi connectivity index (χ3n) is 2.12. The Labute approximate surface area is 70.9 Å². The van der Waals surface area contributed by atoms with Crippen LogP contribution in [0.3, 0.4) is 0 Å². The summed E-state index contributed by atoms with van der Waals surface area (Å²) in [5.74, 6) is 0. The molecule has 0 radical (unpaired) electrons. The molecule has 68 valence electrons. The highest BCUT2D eigenvalue weighted by molar-refractivity contribution is 5.66. The van der Waals surface area contributed by atoms with E-state index in [2.05, 4.69) is 5.32 Å². The van der Waals surface area contributed by atoms with Crippen molar-refractivity contribution < 1.29 is 15.0 Å². The zero-order chi connectivity index (χ0) is 9.03. The monoisotopic (exact) mass is 171 g/mol. The predicted octanol–water partition coefficient (Wildman–Crippen LogP) is 1.64. The molecular weight excluding hydrogens is 158 g/mol. The van der Waals surface area contributed by atoms with Crippen molar-refractivity contribution in [2.45, 2.75) is 31.2 Å². The van der Waals surface area contributed by atoms with E-state index in [1.807, 2.05) is 0 Å². The number of hydrogen-bond donors (Lipinski definition) is 3. The Kier molecular flexibility index (Phi) is 2.58. The number of aliphatic hydroxyl groups excluding tert-OH is 1. The van der Waals surface area contributed by atoms with Gasteiger partial charge in [-0.2, -0.15) is 0 Å². The molecule has 0 bridgehead atoms. The van der Waals surface area contributed by atoms with Crippen LogP contribution in [0.25, 0.3) is 0 Å². The first kappa shape index (κ1) is 8.90. The van der Waals surface area contributed by atoms with Crippen molar-refractivity contribution in [2.24, 2.45) is 0 Å². The Morgan fingerprint density at radius 2 is 2.25 bits per heavy atom. The van der Waals surface area contributed by atoms with Crippen molar-refractivity contribution in [3.8, 4) is 0 Å². The number of hydrogen-bond acceptors (Lipinski definition) is 2. The molecule has 1 rings (SSSR count). The topological polar surface area (TPSA) is 69.6 Å². The summed E-state index contributed by atoms with van der Waals surface area (Å²) >= 11 is 0. The molecule has 1 aliphatic rings. The predicted molar refractivity (Wildman–Crippen MR) is 44.1 cm³/mol. The van der Waals surface area contributed by atoms with E-state index in [-0.39, 0.29) is 5.54 Å². The maximum absolute atomic E-state index is 10.3. The molecule has 4 nitrogen and oxygen atoms in total. The van der Waals surface area contributed by atoms with Crippen molar-refractivity contribution in [3.63, 3.8) is 0 Å². The van der Waals surface area contributed by atoms with Gasteiger partial charge >= 0.3 is 6.09 Å². The summed E-state index contributed by atoms with van der Waals surface area (Å²) in [6.07, 6.45) is 4.99. The summed E-state index contributed by atoms with van der Waals surface area (Å²) in [4.78, 5) is 10.3. The first-order valence-corrected chi connectivity index (χ1v) is 3.99. The fourth-order valence-electron chi connectivity index (χ4n) is 1.25. The zero-order valence-electron chi connectivity index (χ0n) is 6.79. The maximum Gasteiger partial charge on any atom is 0.405 e. The molecule has 12 heavy (non-hydrogen) atoms. The largest absolute Gasteiger partial charge is 0.516 e. The molecular formula is C8H13NO3. The lowest BCUT2D eigenvalue weighted by molar-refractivity contribution is 0.187. The minimum Gasteiger partial charge on any atom is -0.516 e. The smallest absolute Gasteiger partial charge is 0.405 e. The lowest BCUT2D eigenvalue weighted by Gasteiger charge is -2.12. The van der Waals surface area contributed by atoms with Gasteiger partial charge in [-0.05, 0) is 25.7 Å². The molecule has 1 amide bonds. The highest BCUT2D eigenvalue weighted by Gasteiger charge is 2.43. The standard InChI is InChI=1S/C8H13NO3/c10-6-2-1-3-8(4-5-8)9-7(11)12/h2,6,9-10H,1,3-5H2,(H,11,12). The second-order valence-corrected chi connectivity index (χ2v) is 3.13. The number of aliphatic hydroxyl groups is 1. The Hall–Kier alpha value is -1.19. The number of amides is 1. The molecule has 0 aliphatic heterocycles. The molecule has 1 fully saturated rings. The highest BCUT2D eigenvalue weighted by atomic mass is 16.4. The van der Waals surface area contributed by atoms with Crippen LogP contribution in [-0.4, -0.2) is 21.8 Å². The van der Waals surface area contributed by atoms with Gasteiger partial charge in [-0.25, -0.2) is 4.79 Å². The van der Waals surface area contributed by atoms with Gasteiger partial charge in [-0.1, -0.05) is 6.08 Å². The Balaban J connectivity index is 2.25. The average Bonchev–Trinajstić information content (AvgIpc) is 2.69. The van der Waals surface area contributed by atoms with E-state index in [9.17, 15) is 4.79 Å². The van der Waals surface area contributed by atoms with Crippen LogP contribution in [0, 0.1) is 0 Å². The fraction of sp³-hybridized carbons (Fsp3) is 0.625. The van der Waals surface area contributed by atoms with Gasteiger partial charge in [0, 0.05) is 5.54 Å². The summed E-state index contributed by atoms with van der Waals surface area (Å²) in [5, 5.41) is 19.3. The van der Waals surface area contributed by atoms with Crippen molar-refractivity contribution in [3.05, 3.63) is 12.3 Å². The van der Waals surface area contributed by atoms with Crippen molar-refractivity contribution in [1.29, 1.82) is 0 Å². The van der Waals surface area contributed by atoms with Crippen LogP contribution in [0.1, 0.15) is 25.7 Å². The summed E-state index contributed by atoms with van der Waals surface area (Å²) in [5.41, 5.74) is -0.189. The Morgan fingerprint density at radius 3 is 2.67 bits per heavy atom. The van der Waals surface area contributed by atoms with Crippen LogP contribution in [0.4, 0.5) is 4.79 Å². The molecule has 0 aromatic carbocycles. The van der Waals surface area contributed by atoms with Gasteiger partial charge in [0.25, 0.3) is 0 Å². The molecule has 3 N–H and O–H groups in total. The first-order valence-electron chi connectivity index (χ1n) is 3.99. The first-order chi connectivity index (χ1) is 5.68. The highest BCUT2D eigenvalue weighted by Crippen LogP contribution is 2.39. The number of rotatable bonds is 4. The van der Waals surface area contributed by atoms with Crippen molar-refractivity contribution in [2.75, 3.05) is 0 Å². The van der Waals surface area contributed by atoms with Gasteiger partial charge < -0.3 is 15.5 Å². The molecule has 0 aromatic rings. The fourth-order valence-corrected chi connectivity index (χ4v) is 1.25. The minimum atomic E-state index is -0.958. The normalized spacial score (nSPS) is 19.3. The van der Waals surface area contributed by atoms with Gasteiger partial charge in [-0.15, -0.1) is 0 Å². The van der Waals surface area contributed by atoms with E-state index in [4.69, 9.17) is 10.2 Å². The molecule has 1 aliphatic carbocycles. The van der Waals surface area contributed by atoms with E-state index in [0.717, 1.165) is 31.9 Å². The van der Waals surface area contributed by atoms with Gasteiger partial charge in [-0.3, -0.25) is 0 Å². The van der Waals surface area contributed by atoms with Gasteiger partial charge in [0.2, 0.25) is 0 Å². The molecule has 0 unspecified atom stereocenters. The molecule has 1 saturated carbocycles. The lowest BCUT2D eigenvalue weighted by atomic mass is 10.1. The third kappa shape index (κ3) is 2.45. The van der Waals surface area contributed by atoms with E-state index in [1.54, 1.807) is 6.08 Å². The zero-order valence-corrected chi connectivity index (χ0v) is 6.79. The third-order valence-corrected chi connectivity index (χ3v) is 2.12. The molecule has 0 atom stereocenters. The van der Waals surface area contributed by atoms with Gasteiger partial charge in [0.1, 0.15) is 0 Å². The van der Waals surface area contributed by atoms with Crippen molar-refractivity contribution in [1.82, 2.24) is 5.32 Å². The number of carbonyl (C=O) groups is 1. The molecule has 0 aromatic heterocycles. The summed E-state index contributed by atoms with van der Waals surface area (Å²) < 4.78 is 0. The Bertz CT molecular complexity index is 196. The minimum absolute atomic E-state index is 0.189. The molecule has 0 spiro atoms. The number of carboxylic acid groups (broad SMARTS) is 1. The summed E-state index contributed by atoms with van der Waals surface area (Å²) in [7, 11) is 0.